The van der Waals surface area contributed by atoms with Gasteiger partial charge in [-0.3, -0.25) is 14.4 Å². The molecule has 7 rings (SSSR count). The Labute approximate surface area is 267 Å². The smallest absolute Gasteiger partial charge is 0.419 e. The molecule has 0 radical (unpaired) electrons. The number of allylic oxidation sites excluding steroid dienone is 1. The van der Waals surface area contributed by atoms with E-state index in [2.05, 4.69) is 26.8 Å². The van der Waals surface area contributed by atoms with E-state index in [1.807, 2.05) is 0 Å². The van der Waals surface area contributed by atoms with Crippen molar-refractivity contribution in [1.82, 2.24) is 10.3 Å². The Morgan fingerprint density at radius 2 is 1.83 bits per heavy atom. The largest absolute Gasteiger partial charge is 0.480 e. The number of pyridine rings is 1. The zero-order valence-electron chi connectivity index (χ0n) is 25.4. The Balaban J connectivity index is 1.16. The molecule has 2 heterocycles. The highest BCUT2D eigenvalue weighted by atomic mass is 19.4. The molecule has 0 spiro atoms. The van der Waals surface area contributed by atoms with Crippen molar-refractivity contribution < 1.29 is 41.5 Å². The van der Waals surface area contributed by atoms with Crippen LogP contribution < -0.4 is 21.1 Å². The normalized spacial score (nSPS) is 30.1. The van der Waals surface area contributed by atoms with Gasteiger partial charge in [-0.15, -0.1) is 0 Å². The van der Waals surface area contributed by atoms with Gasteiger partial charge in [0.2, 0.25) is 17.7 Å². The molecule has 0 saturated heterocycles. The van der Waals surface area contributed by atoms with Crippen LogP contribution in [0.1, 0.15) is 60.0 Å². The SMILES string of the molecule is COc1ncc(C2=NOC3CC(C(N)=O)CC23)cc1C(=O)N[C@@H]1C2CCC(/C2=C/C2CC2)[C@@H]1C(=O)Nc1ccc(F)c(C(F)(F)F)c1. The molecule has 3 amide bonds. The number of fused-ring (bicyclic) bond motifs is 3. The Bertz CT molecular complexity index is 1710. The number of oxime groups is 1. The summed E-state index contributed by atoms with van der Waals surface area (Å²) in [6, 6.07) is 3.26. The summed E-state index contributed by atoms with van der Waals surface area (Å²) in [4.78, 5) is 49.5. The van der Waals surface area contributed by atoms with E-state index in [1.165, 1.54) is 13.3 Å². The van der Waals surface area contributed by atoms with Crippen LogP contribution in [0.4, 0.5) is 23.2 Å². The van der Waals surface area contributed by atoms with E-state index in [1.54, 1.807) is 6.07 Å². The number of amides is 3. The minimum atomic E-state index is -4.94. The fraction of sp³-hybridized carbons (Fsp3) is 0.485. The number of carbonyl (C=O) groups is 3. The second-order valence-electron chi connectivity index (χ2n) is 13.1. The summed E-state index contributed by atoms with van der Waals surface area (Å²) in [6.07, 6.45) is 2.88. The number of nitrogens with one attached hydrogen (secondary N) is 2. The summed E-state index contributed by atoms with van der Waals surface area (Å²) in [6.45, 7) is 0. The number of aromatic nitrogens is 1. The molecule has 5 unspecified atom stereocenters. The van der Waals surface area contributed by atoms with Crippen LogP contribution in [0.3, 0.4) is 0 Å². The van der Waals surface area contributed by atoms with E-state index in [4.69, 9.17) is 15.3 Å². The highest BCUT2D eigenvalue weighted by Crippen LogP contribution is 2.54. The molecule has 4 aliphatic carbocycles. The number of hydrogen-bond donors (Lipinski definition) is 3. The summed E-state index contributed by atoms with van der Waals surface area (Å²) >= 11 is 0. The second-order valence-corrected chi connectivity index (χ2v) is 13.1. The van der Waals surface area contributed by atoms with E-state index in [-0.39, 0.29) is 46.9 Å². The second kappa shape index (κ2) is 11.6. The lowest BCUT2D eigenvalue weighted by molar-refractivity contribution is -0.140. The lowest BCUT2D eigenvalue weighted by atomic mass is 9.83. The van der Waals surface area contributed by atoms with E-state index in [0.717, 1.165) is 30.9 Å². The number of rotatable bonds is 8. The first-order valence-electron chi connectivity index (χ1n) is 15.7. The van der Waals surface area contributed by atoms with Gasteiger partial charge in [-0.05, 0) is 74.6 Å². The molecule has 1 aromatic carbocycles. The Kier molecular flexibility index (Phi) is 7.71. The van der Waals surface area contributed by atoms with Crippen LogP contribution in [0.25, 0.3) is 0 Å². The number of benzene rings is 1. The molecule has 2 aromatic rings. The average Bonchev–Trinajstić information content (AvgIpc) is 3.30. The number of primary amides is 1. The molecule has 7 atom stereocenters. The minimum absolute atomic E-state index is 0.0487. The van der Waals surface area contributed by atoms with Crippen molar-refractivity contribution in [1.29, 1.82) is 0 Å². The lowest BCUT2D eigenvalue weighted by Gasteiger charge is -2.30. The van der Waals surface area contributed by atoms with Gasteiger partial charge in [0.1, 0.15) is 17.5 Å². The van der Waals surface area contributed by atoms with Crippen molar-refractivity contribution >= 4 is 29.1 Å². The number of nitrogens with two attached hydrogens (primary N) is 1. The third-order valence-electron chi connectivity index (χ3n) is 10.2. The first kappa shape index (κ1) is 31.1. The molecule has 2 bridgehead atoms. The number of hydrogen-bond acceptors (Lipinski definition) is 7. The predicted octanol–water partition coefficient (Wildman–Crippen LogP) is 4.59. The topological polar surface area (TPSA) is 145 Å². The van der Waals surface area contributed by atoms with Crippen molar-refractivity contribution in [2.75, 3.05) is 12.4 Å². The van der Waals surface area contributed by atoms with Crippen molar-refractivity contribution in [2.45, 2.75) is 56.8 Å². The number of nitrogens with zero attached hydrogens (tertiary/aromatic N) is 2. The molecule has 1 aliphatic heterocycles. The van der Waals surface area contributed by atoms with Gasteiger partial charge in [-0.25, -0.2) is 9.37 Å². The maximum Gasteiger partial charge on any atom is 0.419 e. The highest BCUT2D eigenvalue weighted by Gasteiger charge is 2.55. The first-order chi connectivity index (χ1) is 22.4. The molecule has 4 N–H and O–H groups in total. The minimum Gasteiger partial charge on any atom is -0.480 e. The monoisotopic (exact) mass is 655 g/mol. The molecule has 5 aliphatic rings. The molecular formula is C33H33F4N5O5. The number of alkyl halides is 3. The quantitative estimate of drug-likeness (QED) is 0.280. The average molecular weight is 656 g/mol. The predicted molar refractivity (Wildman–Crippen MR) is 159 cm³/mol. The van der Waals surface area contributed by atoms with Crippen molar-refractivity contribution in [3.63, 3.8) is 0 Å². The highest BCUT2D eigenvalue weighted by molar-refractivity contribution is 6.06. The van der Waals surface area contributed by atoms with E-state index >= 15 is 0 Å². The third kappa shape index (κ3) is 5.71. The van der Waals surface area contributed by atoms with Gasteiger partial charge in [0.25, 0.3) is 5.91 Å². The van der Waals surface area contributed by atoms with Gasteiger partial charge in [0, 0.05) is 41.2 Å². The van der Waals surface area contributed by atoms with Gasteiger partial charge in [-0.1, -0.05) is 16.8 Å². The standard InChI is InChI=1S/C33H33F4N5O5/c1-46-32-22(10-16(13-39-32)27-21-9-15(29(38)43)11-25(21)47-42-27)30(44)41-28-19-6-5-18(20(19)8-14-2-3-14)26(28)31(45)40-17-4-7-24(34)23(12-17)33(35,36)37/h4,7-8,10,12-15,18-19,21,25-26,28H,2-3,5-6,9,11H2,1H3,(H2,38,43)(H,40,45)(H,41,44)/b20-8-/t15?,18?,19?,21?,25?,26-,28+/m0/s1. The van der Waals surface area contributed by atoms with Crippen LogP contribution in [-0.2, 0) is 20.6 Å². The molecule has 4 fully saturated rings. The van der Waals surface area contributed by atoms with E-state index in [9.17, 15) is 31.9 Å². The molecule has 10 nitrogen and oxygen atoms in total. The zero-order chi connectivity index (χ0) is 33.2. The number of halogens is 4. The summed E-state index contributed by atoms with van der Waals surface area (Å²) in [5, 5.41) is 9.82. The van der Waals surface area contributed by atoms with Crippen molar-refractivity contribution in [3.8, 4) is 5.88 Å². The molecule has 248 valence electrons. The summed E-state index contributed by atoms with van der Waals surface area (Å²) in [7, 11) is 1.38. The maximum absolute atomic E-state index is 14.0. The van der Waals surface area contributed by atoms with Crippen LogP contribution in [0.15, 0.2) is 47.3 Å². The maximum atomic E-state index is 14.0. The number of methoxy groups -OCH3 is 1. The molecular weight excluding hydrogens is 622 g/mol. The van der Waals surface area contributed by atoms with E-state index in [0.29, 0.717) is 48.6 Å². The molecule has 47 heavy (non-hydrogen) atoms. The van der Waals surface area contributed by atoms with Gasteiger partial charge >= 0.3 is 6.18 Å². The first-order valence-corrected chi connectivity index (χ1v) is 15.7. The zero-order valence-corrected chi connectivity index (χ0v) is 25.4. The summed E-state index contributed by atoms with van der Waals surface area (Å²) < 4.78 is 59.5. The number of carbonyl (C=O) groups excluding carboxylic acids is 3. The number of ether oxygens (including phenoxy) is 1. The number of anilines is 1. The van der Waals surface area contributed by atoms with Crippen LogP contribution in [0, 0.1) is 41.3 Å². The third-order valence-corrected chi connectivity index (χ3v) is 10.2. The van der Waals surface area contributed by atoms with Gasteiger partial charge < -0.3 is 25.9 Å². The molecule has 1 aromatic heterocycles. The van der Waals surface area contributed by atoms with Gasteiger partial charge in [0.15, 0.2) is 0 Å². The Morgan fingerprint density at radius 3 is 2.53 bits per heavy atom. The molecule has 4 saturated carbocycles. The summed E-state index contributed by atoms with van der Waals surface area (Å²) in [5.74, 6) is -4.17. The van der Waals surface area contributed by atoms with Crippen LogP contribution in [0.5, 0.6) is 5.88 Å². The van der Waals surface area contributed by atoms with Gasteiger partial charge in [0.05, 0.1) is 24.3 Å². The van der Waals surface area contributed by atoms with E-state index < -0.39 is 47.2 Å². The Hall–Kier alpha value is -4.49. The van der Waals surface area contributed by atoms with Crippen LogP contribution in [-0.4, -0.2) is 47.7 Å². The fourth-order valence-electron chi connectivity index (χ4n) is 7.85. The van der Waals surface area contributed by atoms with Crippen molar-refractivity contribution in [2.24, 2.45) is 46.4 Å². The van der Waals surface area contributed by atoms with Crippen LogP contribution >= 0.6 is 0 Å². The van der Waals surface area contributed by atoms with Gasteiger partial charge in [-0.2, -0.15) is 13.2 Å². The Morgan fingerprint density at radius 1 is 1.06 bits per heavy atom. The fourth-order valence-corrected chi connectivity index (χ4v) is 7.85. The van der Waals surface area contributed by atoms with Crippen LogP contribution in [0.2, 0.25) is 0 Å². The van der Waals surface area contributed by atoms with Crippen molar-refractivity contribution in [3.05, 3.63) is 64.6 Å². The molecule has 14 heteroatoms. The summed E-state index contributed by atoms with van der Waals surface area (Å²) in [5.41, 5.74) is 6.11. The lowest BCUT2D eigenvalue weighted by Crippen LogP contribution is -2.48.